The molecule has 0 N–H and O–H groups in total. The molecule has 0 amide bonds. The van der Waals surface area contributed by atoms with E-state index in [-0.39, 0.29) is 0 Å². The van der Waals surface area contributed by atoms with Gasteiger partial charge in [0, 0.05) is 6.08 Å². The van der Waals surface area contributed by atoms with Gasteiger partial charge in [-0.2, -0.15) is 0 Å². The summed E-state index contributed by atoms with van der Waals surface area (Å²) in [5.41, 5.74) is 0.800. The first-order valence-electron chi connectivity index (χ1n) is 7.27. The van der Waals surface area contributed by atoms with Crippen molar-refractivity contribution in [3.63, 3.8) is 0 Å². The topological polar surface area (TPSA) is 52.4 Å². The molecule has 0 saturated carbocycles. The second-order valence-electron chi connectivity index (χ2n) is 4.79. The van der Waals surface area contributed by atoms with E-state index in [2.05, 4.69) is 6.92 Å². The van der Waals surface area contributed by atoms with Crippen LogP contribution in [0, 0.1) is 10.1 Å². The normalized spacial score (nSPS) is 10.8. The van der Waals surface area contributed by atoms with Crippen LogP contribution in [-0.4, -0.2) is 11.5 Å². The van der Waals surface area contributed by atoms with Crippen LogP contribution in [0.2, 0.25) is 0 Å². The molecule has 0 radical (unpaired) electrons. The largest absolute Gasteiger partial charge is 0.494 e. The Hall–Kier alpha value is -1.84. The first kappa shape index (κ1) is 16.2. The third kappa shape index (κ3) is 7.56. The average molecular weight is 277 g/mol. The molecule has 4 nitrogen and oxygen atoms in total. The van der Waals surface area contributed by atoms with E-state index in [1.807, 2.05) is 24.3 Å². The summed E-state index contributed by atoms with van der Waals surface area (Å²) in [6.45, 7) is 2.95. The molecule has 1 aromatic rings. The Morgan fingerprint density at radius 2 is 1.75 bits per heavy atom. The molecule has 0 saturated heterocycles. The lowest BCUT2D eigenvalue weighted by Gasteiger charge is -2.06. The van der Waals surface area contributed by atoms with Gasteiger partial charge in [0.2, 0.25) is 6.20 Å². The lowest BCUT2D eigenvalue weighted by Crippen LogP contribution is -1.97. The summed E-state index contributed by atoms with van der Waals surface area (Å²) in [7, 11) is 0. The van der Waals surface area contributed by atoms with Gasteiger partial charge in [0.1, 0.15) is 5.75 Å². The lowest BCUT2D eigenvalue weighted by molar-refractivity contribution is -0.400. The highest BCUT2D eigenvalue weighted by Gasteiger charge is 1.95. The van der Waals surface area contributed by atoms with Crippen molar-refractivity contribution in [2.24, 2.45) is 0 Å². The minimum atomic E-state index is -0.469. The maximum Gasteiger partial charge on any atom is 0.235 e. The molecule has 110 valence electrons. The zero-order chi connectivity index (χ0) is 14.6. The van der Waals surface area contributed by atoms with Crippen LogP contribution in [0.5, 0.6) is 5.75 Å². The van der Waals surface area contributed by atoms with Crippen LogP contribution in [0.3, 0.4) is 0 Å². The minimum absolute atomic E-state index is 0.469. The van der Waals surface area contributed by atoms with Crippen molar-refractivity contribution in [1.29, 1.82) is 0 Å². The number of hydrogen-bond donors (Lipinski definition) is 0. The quantitative estimate of drug-likeness (QED) is 0.354. The van der Waals surface area contributed by atoms with E-state index in [0.29, 0.717) is 0 Å². The third-order valence-corrected chi connectivity index (χ3v) is 3.04. The van der Waals surface area contributed by atoms with E-state index in [9.17, 15) is 10.1 Å². The Balaban J connectivity index is 2.20. The van der Waals surface area contributed by atoms with E-state index in [1.54, 1.807) is 0 Å². The summed E-state index contributed by atoms with van der Waals surface area (Å²) in [4.78, 5) is 9.73. The van der Waals surface area contributed by atoms with Crippen molar-refractivity contribution in [2.75, 3.05) is 6.61 Å². The number of benzene rings is 1. The van der Waals surface area contributed by atoms with Gasteiger partial charge >= 0.3 is 0 Å². The summed E-state index contributed by atoms with van der Waals surface area (Å²) in [5.74, 6) is 0.816. The Kier molecular flexibility index (Phi) is 8.11. The number of nitrogens with zero attached hydrogens (tertiary/aromatic N) is 1. The summed E-state index contributed by atoms with van der Waals surface area (Å²) in [6.07, 6.45) is 9.88. The molecule has 0 aliphatic carbocycles. The summed E-state index contributed by atoms with van der Waals surface area (Å²) >= 11 is 0. The highest BCUT2D eigenvalue weighted by atomic mass is 16.6. The molecular formula is C16H23NO3. The Labute approximate surface area is 120 Å². The van der Waals surface area contributed by atoms with Gasteiger partial charge in [-0.05, 0) is 24.1 Å². The number of ether oxygens (including phenoxy) is 1. The van der Waals surface area contributed by atoms with Gasteiger partial charge in [-0.3, -0.25) is 10.1 Å². The zero-order valence-electron chi connectivity index (χ0n) is 12.1. The summed E-state index contributed by atoms with van der Waals surface area (Å²) in [6, 6.07) is 7.32. The number of hydrogen-bond acceptors (Lipinski definition) is 3. The van der Waals surface area contributed by atoms with Crippen LogP contribution in [0.15, 0.2) is 30.5 Å². The van der Waals surface area contributed by atoms with Crippen LogP contribution in [0.25, 0.3) is 6.08 Å². The second kappa shape index (κ2) is 10.0. The predicted molar refractivity (Wildman–Crippen MR) is 81.3 cm³/mol. The van der Waals surface area contributed by atoms with E-state index in [4.69, 9.17) is 4.74 Å². The molecule has 1 rings (SSSR count). The average Bonchev–Trinajstić information content (AvgIpc) is 2.45. The Morgan fingerprint density at radius 3 is 2.40 bits per heavy atom. The molecule has 1 aromatic carbocycles. The molecule has 0 aromatic heterocycles. The van der Waals surface area contributed by atoms with Gasteiger partial charge < -0.3 is 4.74 Å². The van der Waals surface area contributed by atoms with Crippen molar-refractivity contribution in [3.05, 3.63) is 46.1 Å². The van der Waals surface area contributed by atoms with Crippen molar-refractivity contribution >= 4 is 6.08 Å². The lowest BCUT2D eigenvalue weighted by atomic mass is 10.1. The van der Waals surface area contributed by atoms with Crippen molar-refractivity contribution < 1.29 is 9.66 Å². The first-order chi connectivity index (χ1) is 9.72. The smallest absolute Gasteiger partial charge is 0.235 e. The van der Waals surface area contributed by atoms with Crippen LogP contribution in [0.4, 0.5) is 0 Å². The number of rotatable bonds is 10. The Morgan fingerprint density at radius 1 is 1.10 bits per heavy atom. The molecule has 4 heteroatoms. The van der Waals surface area contributed by atoms with E-state index >= 15 is 0 Å². The molecule has 0 unspecified atom stereocenters. The highest BCUT2D eigenvalue weighted by molar-refractivity contribution is 5.49. The van der Waals surface area contributed by atoms with Gasteiger partial charge in [-0.15, -0.1) is 0 Å². The SMILES string of the molecule is CCCCCCCCOc1ccc(/C=C/[N+](=O)[O-])cc1. The highest BCUT2D eigenvalue weighted by Crippen LogP contribution is 2.14. The van der Waals surface area contributed by atoms with Crippen molar-refractivity contribution in [2.45, 2.75) is 45.4 Å². The van der Waals surface area contributed by atoms with Gasteiger partial charge in [0.15, 0.2) is 0 Å². The third-order valence-electron chi connectivity index (χ3n) is 3.04. The first-order valence-corrected chi connectivity index (χ1v) is 7.27. The van der Waals surface area contributed by atoms with Crippen LogP contribution in [-0.2, 0) is 0 Å². The fourth-order valence-corrected chi connectivity index (χ4v) is 1.89. The van der Waals surface area contributed by atoms with E-state index < -0.39 is 4.92 Å². The minimum Gasteiger partial charge on any atom is -0.494 e. The molecule has 0 aliphatic heterocycles. The molecule has 0 atom stereocenters. The van der Waals surface area contributed by atoms with E-state index in [1.165, 1.54) is 38.2 Å². The molecule has 0 heterocycles. The molecule has 0 spiro atoms. The second-order valence-corrected chi connectivity index (χ2v) is 4.79. The molecular weight excluding hydrogens is 254 g/mol. The van der Waals surface area contributed by atoms with Gasteiger partial charge in [0.25, 0.3) is 0 Å². The van der Waals surface area contributed by atoms with Crippen LogP contribution < -0.4 is 4.74 Å². The maximum atomic E-state index is 10.2. The van der Waals surface area contributed by atoms with E-state index in [0.717, 1.165) is 30.5 Å². The van der Waals surface area contributed by atoms with Crippen molar-refractivity contribution in [3.8, 4) is 5.75 Å². The predicted octanol–water partition coefficient (Wildman–Crippen LogP) is 4.67. The van der Waals surface area contributed by atoms with Gasteiger partial charge in [-0.1, -0.05) is 51.2 Å². The van der Waals surface area contributed by atoms with Crippen LogP contribution >= 0.6 is 0 Å². The standard InChI is InChI=1S/C16H23NO3/c1-2-3-4-5-6-7-14-20-16-10-8-15(9-11-16)12-13-17(18)19/h8-13H,2-7,14H2,1H3/b13-12+. The molecule has 20 heavy (non-hydrogen) atoms. The van der Waals surface area contributed by atoms with Gasteiger partial charge in [0.05, 0.1) is 11.5 Å². The number of nitro groups is 1. The summed E-state index contributed by atoms with van der Waals surface area (Å²) in [5, 5.41) is 10.2. The molecule has 0 aliphatic rings. The molecule has 0 fully saturated rings. The zero-order valence-corrected chi connectivity index (χ0v) is 12.1. The monoisotopic (exact) mass is 277 g/mol. The number of unbranched alkanes of at least 4 members (excludes halogenated alkanes) is 5. The van der Waals surface area contributed by atoms with Crippen molar-refractivity contribution in [1.82, 2.24) is 0 Å². The maximum absolute atomic E-state index is 10.2. The van der Waals surface area contributed by atoms with Crippen LogP contribution in [0.1, 0.15) is 51.0 Å². The molecule has 0 bridgehead atoms. The van der Waals surface area contributed by atoms with Gasteiger partial charge in [-0.25, -0.2) is 0 Å². The Bertz CT molecular complexity index is 412. The fraction of sp³-hybridized carbons (Fsp3) is 0.500. The fourth-order valence-electron chi connectivity index (χ4n) is 1.89. The summed E-state index contributed by atoms with van der Waals surface area (Å²) < 4.78 is 5.64.